The summed E-state index contributed by atoms with van der Waals surface area (Å²) < 4.78 is 11.1. The normalized spacial score (nSPS) is 21.3. The molecule has 0 unspecified atom stereocenters. The van der Waals surface area contributed by atoms with Crippen molar-refractivity contribution < 1.29 is 18.7 Å². The van der Waals surface area contributed by atoms with E-state index in [1.165, 1.54) is 6.26 Å². The molecule has 2 amide bonds. The number of carbonyl (C=O) groups excluding carboxylic acids is 2. The van der Waals surface area contributed by atoms with Gasteiger partial charge in [-0.1, -0.05) is 20.8 Å². The van der Waals surface area contributed by atoms with E-state index in [1.807, 2.05) is 20.8 Å². The quantitative estimate of drug-likeness (QED) is 0.781. The van der Waals surface area contributed by atoms with E-state index in [0.717, 1.165) is 0 Å². The number of likely N-dealkylation sites (N-methyl/N-ethyl adjacent to an activating group) is 1. The van der Waals surface area contributed by atoms with E-state index in [2.05, 4.69) is 4.98 Å². The Labute approximate surface area is 135 Å². The average molecular weight is 321 g/mol. The molecule has 2 fully saturated rings. The summed E-state index contributed by atoms with van der Waals surface area (Å²) in [6.07, 6.45) is 2.66. The minimum atomic E-state index is -0.547. The number of nitrogens with zero attached hydrogens (tertiary/aromatic N) is 3. The minimum absolute atomic E-state index is 0.00361. The second kappa shape index (κ2) is 5.33. The van der Waals surface area contributed by atoms with Gasteiger partial charge in [0.05, 0.1) is 0 Å². The predicted molar refractivity (Wildman–Crippen MR) is 81.8 cm³/mol. The van der Waals surface area contributed by atoms with Crippen molar-refractivity contribution in [2.45, 2.75) is 44.8 Å². The van der Waals surface area contributed by atoms with Gasteiger partial charge >= 0.3 is 0 Å². The summed E-state index contributed by atoms with van der Waals surface area (Å²) in [6, 6.07) is 0. The van der Waals surface area contributed by atoms with Gasteiger partial charge in [0, 0.05) is 38.4 Å². The molecule has 2 aliphatic rings. The zero-order valence-corrected chi connectivity index (χ0v) is 14.1. The van der Waals surface area contributed by atoms with E-state index < -0.39 is 5.72 Å². The van der Waals surface area contributed by atoms with E-state index in [9.17, 15) is 9.59 Å². The van der Waals surface area contributed by atoms with E-state index in [4.69, 9.17) is 9.15 Å². The molecule has 1 spiro atoms. The largest absolute Gasteiger partial charge is 0.448 e. The third-order valence-electron chi connectivity index (χ3n) is 4.65. The van der Waals surface area contributed by atoms with Crippen LogP contribution in [-0.4, -0.2) is 59.1 Å². The third kappa shape index (κ3) is 2.73. The lowest BCUT2D eigenvalue weighted by atomic mass is 9.97. The number of carbonyl (C=O) groups is 2. The molecule has 0 aliphatic carbocycles. The van der Waals surface area contributed by atoms with Gasteiger partial charge < -0.3 is 19.0 Å². The molecule has 126 valence electrons. The molecule has 0 saturated carbocycles. The highest BCUT2D eigenvalue weighted by atomic mass is 16.5. The first-order chi connectivity index (χ1) is 10.7. The molecule has 0 atom stereocenters. The number of rotatable bonds is 1. The van der Waals surface area contributed by atoms with Crippen LogP contribution in [0.3, 0.4) is 0 Å². The molecule has 7 heteroatoms. The molecule has 7 nitrogen and oxygen atoms in total. The van der Waals surface area contributed by atoms with Gasteiger partial charge in [0.2, 0.25) is 0 Å². The van der Waals surface area contributed by atoms with Crippen LogP contribution in [0.5, 0.6) is 0 Å². The van der Waals surface area contributed by atoms with Crippen LogP contribution in [0.15, 0.2) is 10.7 Å². The first-order valence-corrected chi connectivity index (χ1v) is 7.89. The van der Waals surface area contributed by atoms with E-state index in [-0.39, 0.29) is 23.8 Å². The summed E-state index contributed by atoms with van der Waals surface area (Å²) in [5, 5.41) is 0. The van der Waals surface area contributed by atoms with Crippen molar-refractivity contribution in [3.05, 3.63) is 17.8 Å². The van der Waals surface area contributed by atoms with Crippen molar-refractivity contribution in [2.75, 3.05) is 26.7 Å². The molecule has 0 radical (unpaired) electrons. The number of hydrogen-bond donors (Lipinski definition) is 0. The summed E-state index contributed by atoms with van der Waals surface area (Å²) in [5.74, 6) is 0.418. The number of likely N-dealkylation sites (tertiary alicyclic amines) is 1. The molecule has 1 aromatic rings. The Morgan fingerprint density at radius 3 is 2.43 bits per heavy atom. The van der Waals surface area contributed by atoms with Gasteiger partial charge in [-0.3, -0.25) is 9.59 Å². The third-order valence-corrected chi connectivity index (χ3v) is 4.65. The fourth-order valence-electron chi connectivity index (χ4n) is 3.03. The fourth-order valence-corrected chi connectivity index (χ4v) is 3.03. The van der Waals surface area contributed by atoms with Gasteiger partial charge in [-0.25, -0.2) is 4.98 Å². The fraction of sp³-hybridized carbons (Fsp3) is 0.688. The Bertz CT molecular complexity index is 624. The summed E-state index contributed by atoms with van der Waals surface area (Å²) in [7, 11) is 1.76. The lowest BCUT2D eigenvalue weighted by molar-refractivity contribution is -0.135. The number of hydrogen-bond acceptors (Lipinski definition) is 5. The second-order valence-electron chi connectivity index (χ2n) is 7.27. The molecule has 0 aromatic carbocycles. The topological polar surface area (TPSA) is 75.9 Å². The number of amides is 2. The van der Waals surface area contributed by atoms with Crippen molar-refractivity contribution in [1.29, 1.82) is 0 Å². The zero-order chi connectivity index (χ0) is 16.8. The van der Waals surface area contributed by atoms with Gasteiger partial charge in [-0.05, 0) is 0 Å². The van der Waals surface area contributed by atoms with Crippen molar-refractivity contribution in [1.82, 2.24) is 14.8 Å². The van der Waals surface area contributed by atoms with Crippen molar-refractivity contribution in [2.24, 2.45) is 0 Å². The van der Waals surface area contributed by atoms with Crippen LogP contribution in [0.2, 0.25) is 0 Å². The minimum Gasteiger partial charge on any atom is -0.448 e. The molecule has 3 rings (SSSR count). The summed E-state index contributed by atoms with van der Waals surface area (Å²) >= 11 is 0. The summed E-state index contributed by atoms with van der Waals surface area (Å²) in [4.78, 5) is 32.0. The Hall–Kier alpha value is -1.89. The molecule has 2 saturated heterocycles. The number of ether oxygens (including phenoxy) is 1. The van der Waals surface area contributed by atoms with Gasteiger partial charge in [0.25, 0.3) is 11.8 Å². The molecule has 1 aromatic heterocycles. The predicted octanol–water partition coefficient (Wildman–Crippen LogP) is 1.39. The van der Waals surface area contributed by atoms with Gasteiger partial charge in [-0.2, -0.15) is 0 Å². The number of aromatic nitrogens is 1. The van der Waals surface area contributed by atoms with Crippen LogP contribution in [0, 0.1) is 0 Å². The standard InChI is InChI=1S/C16H23N3O4/c1-15(2,3)14-17-11(9-22-14)13(21)19-7-5-16(6-8-19)18(4)12(20)10-23-16/h9H,5-8,10H2,1-4H3. The van der Waals surface area contributed by atoms with E-state index in [1.54, 1.807) is 16.8 Å². The zero-order valence-electron chi connectivity index (χ0n) is 14.1. The molecular formula is C16H23N3O4. The highest BCUT2D eigenvalue weighted by molar-refractivity contribution is 5.92. The molecule has 2 aliphatic heterocycles. The maximum Gasteiger partial charge on any atom is 0.275 e. The molecule has 0 N–H and O–H groups in total. The van der Waals surface area contributed by atoms with Crippen molar-refractivity contribution in [3.63, 3.8) is 0 Å². The maximum atomic E-state index is 12.6. The van der Waals surface area contributed by atoms with E-state index in [0.29, 0.717) is 37.5 Å². The molecular weight excluding hydrogens is 298 g/mol. The van der Waals surface area contributed by atoms with Crippen LogP contribution >= 0.6 is 0 Å². The highest BCUT2D eigenvalue weighted by Gasteiger charge is 2.47. The van der Waals surface area contributed by atoms with Crippen LogP contribution in [0.25, 0.3) is 0 Å². The average Bonchev–Trinajstić information content (AvgIpc) is 3.10. The smallest absolute Gasteiger partial charge is 0.275 e. The lowest BCUT2D eigenvalue weighted by Gasteiger charge is -2.41. The number of piperidine rings is 1. The van der Waals surface area contributed by atoms with Crippen LogP contribution < -0.4 is 0 Å². The Morgan fingerprint density at radius 2 is 1.96 bits per heavy atom. The monoisotopic (exact) mass is 321 g/mol. The first kappa shape index (κ1) is 16.0. The molecule has 3 heterocycles. The van der Waals surface area contributed by atoms with Crippen LogP contribution in [0.4, 0.5) is 0 Å². The van der Waals surface area contributed by atoms with Gasteiger partial charge in [-0.15, -0.1) is 0 Å². The Kier molecular flexibility index (Phi) is 3.71. The lowest BCUT2D eigenvalue weighted by Crippen LogP contribution is -2.53. The van der Waals surface area contributed by atoms with Crippen LogP contribution in [-0.2, 0) is 14.9 Å². The molecule has 23 heavy (non-hydrogen) atoms. The maximum absolute atomic E-state index is 12.6. The first-order valence-electron chi connectivity index (χ1n) is 7.89. The summed E-state index contributed by atoms with van der Waals surface area (Å²) in [6.45, 7) is 7.16. The Balaban J connectivity index is 1.67. The van der Waals surface area contributed by atoms with E-state index >= 15 is 0 Å². The Morgan fingerprint density at radius 1 is 1.30 bits per heavy atom. The van der Waals surface area contributed by atoms with Crippen LogP contribution in [0.1, 0.15) is 50.0 Å². The summed E-state index contributed by atoms with van der Waals surface area (Å²) in [5.41, 5.74) is -0.442. The SMILES string of the molecule is CN1C(=O)COC12CCN(C(=O)c1coc(C(C)(C)C)n1)CC2. The second-order valence-corrected chi connectivity index (χ2v) is 7.27. The van der Waals surface area contributed by atoms with Crippen molar-refractivity contribution >= 4 is 11.8 Å². The number of oxazole rings is 1. The van der Waals surface area contributed by atoms with Gasteiger partial charge in [0.1, 0.15) is 18.6 Å². The molecule has 0 bridgehead atoms. The van der Waals surface area contributed by atoms with Crippen molar-refractivity contribution in [3.8, 4) is 0 Å². The van der Waals surface area contributed by atoms with Gasteiger partial charge in [0.15, 0.2) is 11.6 Å². The highest BCUT2D eigenvalue weighted by Crippen LogP contribution is 2.34.